The fourth-order valence-electron chi connectivity index (χ4n) is 1.99. The molecule has 0 bridgehead atoms. The number of ether oxygens (including phenoxy) is 1. The van der Waals surface area contributed by atoms with E-state index in [9.17, 15) is 0 Å². The van der Waals surface area contributed by atoms with Gasteiger partial charge in [-0.1, -0.05) is 5.16 Å². The molecule has 0 fully saturated rings. The fourth-order valence-corrected chi connectivity index (χ4v) is 1.99. The molecule has 0 amide bonds. The number of benzene rings is 1. The van der Waals surface area contributed by atoms with Gasteiger partial charge in [0.25, 0.3) is 0 Å². The molecule has 3 aromatic rings. The summed E-state index contributed by atoms with van der Waals surface area (Å²) in [6, 6.07) is 9.32. The van der Waals surface area contributed by atoms with Gasteiger partial charge in [0.15, 0.2) is 11.6 Å². The predicted octanol–water partition coefficient (Wildman–Crippen LogP) is 3.44. The molecule has 3 rings (SSSR count). The van der Waals surface area contributed by atoms with Crippen molar-refractivity contribution >= 4 is 23.3 Å². The SMILES string of the molecule is Cc1cc(Nc2cnnc(Nc3ccc(OC(C)C)cc3)n2)no1. The third-order valence-electron chi connectivity index (χ3n) is 2.93. The lowest BCUT2D eigenvalue weighted by molar-refractivity contribution is 0.242. The van der Waals surface area contributed by atoms with Crippen molar-refractivity contribution in [2.75, 3.05) is 10.6 Å². The van der Waals surface area contributed by atoms with E-state index in [4.69, 9.17) is 9.26 Å². The highest BCUT2D eigenvalue weighted by Gasteiger charge is 2.05. The first-order valence-electron chi connectivity index (χ1n) is 7.52. The smallest absolute Gasteiger partial charge is 0.249 e. The normalized spacial score (nSPS) is 10.7. The quantitative estimate of drug-likeness (QED) is 0.711. The van der Waals surface area contributed by atoms with Crippen LogP contribution in [0.5, 0.6) is 5.75 Å². The Morgan fingerprint density at radius 1 is 1.08 bits per heavy atom. The number of anilines is 4. The summed E-state index contributed by atoms with van der Waals surface area (Å²) in [5, 5.41) is 17.8. The summed E-state index contributed by atoms with van der Waals surface area (Å²) in [7, 11) is 0. The van der Waals surface area contributed by atoms with Crippen LogP contribution in [0.1, 0.15) is 19.6 Å². The van der Waals surface area contributed by atoms with E-state index in [1.165, 1.54) is 6.20 Å². The molecule has 0 saturated heterocycles. The Morgan fingerprint density at radius 3 is 2.54 bits per heavy atom. The van der Waals surface area contributed by atoms with Gasteiger partial charge in [-0.05, 0) is 45.0 Å². The van der Waals surface area contributed by atoms with E-state index in [2.05, 4.69) is 31.0 Å². The van der Waals surface area contributed by atoms with Gasteiger partial charge in [-0.15, -0.1) is 5.10 Å². The van der Waals surface area contributed by atoms with Crippen LogP contribution in [0, 0.1) is 6.92 Å². The minimum Gasteiger partial charge on any atom is -0.491 e. The molecule has 8 nitrogen and oxygen atoms in total. The molecule has 0 atom stereocenters. The topological polar surface area (TPSA) is 98.0 Å². The maximum absolute atomic E-state index is 5.61. The van der Waals surface area contributed by atoms with E-state index in [0.717, 1.165) is 11.4 Å². The molecule has 0 unspecified atom stereocenters. The first kappa shape index (κ1) is 15.7. The molecular weight excluding hydrogens is 308 g/mol. The second-order valence-electron chi connectivity index (χ2n) is 5.43. The molecular formula is C16H18N6O2. The van der Waals surface area contributed by atoms with E-state index in [1.807, 2.05) is 45.0 Å². The summed E-state index contributed by atoms with van der Waals surface area (Å²) in [4.78, 5) is 4.33. The van der Waals surface area contributed by atoms with Crippen LogP contribution < -0.4 is 15.4 Å². The zero-order valence-electron chi connectivity index (χ0n) is 13.6. The monoisotopic (exact) mass is 326 g/mol. The van der Waals surface area contributed by atoms with Crippen molar-refractivity contribution in [3.63, 3.8) is 0 Å². The molecule has 8 heteroatoms. The van der Waals surface area contributed by atoms with E-state index in [-0.39, 0.29) is 6.10 Å². The summed E-state index contributed by atoms with van der Waals surface area (Å²) in [5.41, 5.74) is 0.835. The highest BCUT2D eigenvalue weighted by Crippen LogP contribution is 2.20. The van der Waals surface area contributed by atoms with Gasteiger partial charge in [-0.3, -0.25) is 0 Å². The van der Waals surface area contributed by atoms with Gasteiger partial charge >= 0.3 is 0 Å². The standard InChI is InChI=1S/C16H18N6O2/c1-10(2)23-13-6-4-12(5-7-13)18-16-20-15(9-17-21-16)19-14-8-11(3)24-22-14/h4-10H,1-3H3,(H2,18,19,20,21,22). The summed E-state index contributed by atoms with van der Waals surface area (Å²) < 4.78 is 10.6. The number of aryl methyl sites for hydroxylation is 1. The molecule has 0 aliphatic rings. The number of nitrogens with one attached hydrogen (secondary N) is 2. The Kier molecular flexibility index (Phi) is 4.55. The highest BCUT2D eigenvalue weighted by atomic mass is 16.5. The van der Waals surface area contributed by atoms with Crippen LogP contribution in [0.3, 0.4) is 0 Å². The van der Waals surface area contributed by atoms with Crippen molar-refractivity contribution in [2.24, 2.45) is 0 Å². The molecule has 0 spiro atoms. The van der Waals surface area contributed by atoms with Crippen LogP contribution in [0.2, 0.25) is 0 Å². The van der Waals surface area contributed by atoms with Crippen LogP contribution in [-0.2, 0) is 0 Å². The second kappa shape index (κ2) is 6.95. The zero-order chi connectivity index (χ0) is 16.9. The van der Waals surface area contributed by atoms with Gasteiger partial charge in [0.1, 0.15) is 11.5 Å². The number of hydrogen-bond acceptors (Lipinski definition) is 8. The van der Waals surface area contributed by atoms with Crippen molar-refractivity contribution in [1.29, 1.82) is 0 Å². The molecule has 1 aromatic carbocycles. The molecule has 0 aliphatic carbocycles. The van der Waals surface area contributed by atoms with Crippen LogP contribution >= 0.6 is 0 Å². The lowest BCUT2D eigenvalue weighted by atomic mass is 10.3. The Hall–Kier alpha value is -3.16. The van der Waals surface area contributed by atoms with E-state index in [1.54, 1.807) is 6.07 Å². The van der Waals surface area contributed by atoms with Crippen molar-refractivity contribution in [2.45, 2.75) is 26.9 Å². The summed E-state index contributed by atoms with van der Waals surface area (Å²) in [6.07, 6.45) is 1.65. The molecule has 124 valence electrons. The summed E-state index contributed by atoms with van der Waals surface area (Å²) in [6.45, 7) is 5.79. The van der Waals surface area contributed by atoms with Gasteiger partial charge in [-0.25, -0.2) is 0 Å². The zero-order valence-corrected chi connectivity index (χ0v) is 13.6. The molecule has 0 saturated carbocycles. The number of hydrogen-bond donors (Lipinski definition) is 2. The maximum Gasteiger partial charge on any atom is 0.249 e. The predicted molar refractivity (Wildman–Crippen MR) is 89.8 cm³/mol. The fraction of sp³-hybridized carbons (Fsp3) is 0.250. The molecule has 0 aliphatic heterocycles. The van der Waals surface area contributed by atoms with Crippen LogP contribution in [0.15, 0.2) is 41.1 Å². The van der Waals surface area contributed by atoms with Gasteiger partial charge < -0.3 is 19.9 Å². The summed E-state index contributed by atoms with van der Waals surface area (Å²) >= 11 is 0. The number of rotatable bonds is 6. The maximum atomic E-state index is 5.61. The first-order valence-corrected chi connectivity index (χ1v) is 7.52. The number of nitrogens with zero attached hydrogens (tertiary/aromatic N) is 4. The van der Waals surface area contributed by atoms with Crippen molar-refractivity contribution in [3.05, 3.63) is 42.3 Å². The lowest BCUT2D eigenvalue weighted by Crippen LogP contribution is -2.05. The van der Waals surface area contributed by atoms with Crippen molar-refractivity contribution in [1.82, 2.24) is 20.3 Å². The summed E-state index contributed by atoms with van der Waals surface area (Å²) in [5.74, 6) is 2.97. The average Bonchev–Trinajstić information content (AvgIpc) is 2.94. The third kappa shape index (κ3) is 4.19. The number of aromatic nitrogens is 4. The Labute approximate surface area is 139 Å². The minimum absolute atomic E-state index is 0.138. The Morgan fingerprint density at radius 2 is 1.88 bits per heavy atom. The minimum atomic E-state index is 0.138. The first-order chi connectivity index (χ1) is 11.6. The van der Waals surface area contributed by atoms with Gasteiger partial charge in [0.2, 0.25) is 5.95 Å². The Balaban J connectivity index is 1.67. The van der Waals surface area contributed by atoms with E-state index >= 15 is 0 Å². The second-order valence-corrected chi connectivity index (χ2v) is 5.43. The van der Waals surface area contributed by atoms with Gasteiger partial charge in [-0.2, -0.15) is 10.1 Å². The van der Waals surface area contributed by atoms with Gasteiger partial charge in [0.05, 0.1) is 12.3 Å². The lowest BCUT2D eigenvalue weighted by Gasteiger charge is -2.10. The molecule has 2 heterocycles. The van der Waals surface area contributed by atoms with E-state index < -0.39 is 0 Å². The molecule has 24 heavy (non-hydrogen) atoms. The largest absolute Gasteiger partial charge is 0.491 e. The Bertz CT molecular complexity index is 800. The van der Waals surface area contributed by atoms with Gasteiger partial charge in [0, 0.05) is 11.8 Å². The highest BCUT2D eigenvalue weighted by molar-refractivity contribution is 5.57. The van der Waals surface area contributed by atoms with Crippen LogP contribution in [0.25, 0.3) is 0 Å². The average molecular weight is 326 g/mol. The van der Waals surface area contributed by atoms with Crippen molar-refractivity contribution in [3.8, 4) is 5.75 Å². The van der Waals surface area contributed by atoms with E-state index in [0.29, 0.717) is 23.3 Å². The van der Waals surface area contributed by atoms with Crippen molar-refractivity contribution < 1.29 is 9.26 Å². The molecule has 0 radical (unpaired) electrons. The molecule has 2 aromatic heterocycles. The van der Waals surface area contributed by atoms with Crippen LogP contribution in [-0.4, -0.2) is 26.4 Å². The molecule has 2 N–H and O–H groups in total. The third-order valence-corrected chi connectivity index (χ3v) is 2.93. The van der Waals surface area contributed by atoms with Crippen LogP contribution in [0.4, 0.5) is 23.3 Å².